The molecule has 0 saturated carbocycles. The summed E-state index contributed by atoms with van der Waals surface area (Å²) in [6, 6.07) is 10.8. The number of benzene rings is 2. The van der Waals surface area contributed by atoms with Gasteiger partial charge in [0.15, 0.2) is 6.10 Å². The highest BCUT2D eigenvalue weighted by molar-refractivity contribution is 6.18. The van der Waals surface area contributed by atoms with E-state index < -0.39 is 29.6 Å². The molecule has 1 amide bonds. The van der Waals surface area contributed by atoms with E-state index in [1.54, 1.807) is 4.90 Å². The van der Waals surface area contributed by atoms with Crippen molar-refractivity contribution >= 4 is 34.9 Å². The van der Waals surface area contributed by atoms with Crippen LogP contribution in [0, 0.1) is 25.6 Å². The van der Waals surface area contributed by atoms with Gasteiger partial charge in [-0.2, -0.15) is 0 Å². The fourth-order valence-corrected chi connectivity index (χ4v) is 3.78. The molecule has 30 heavy (non-hydrogen) atoms. The molecule has 2 aromatic carbocycles. The number of hydrogen-bond acceptors (Lipinski definition) is 4. The molecule has 158 valence electrons. The van der Waals surface area contributed by atoms with Gasteiger partial charge in [-0.1, -0.05) is 17.7 Å². The molecule has 2 atom stereocenters. The van der Waals surface area contributed by atoms with Crippen LogP contribution >= 0.6 is 11.6 Å². The zero-order valence-electron chi connectivity index (χ0n) is 16.9. The van der Waals surface area contributed by atoms with E-state index >= 15 is 0 Å². The van der Waals surface area contributed by atoms with E-state index in [-0.39, 0.29) is 36.7 Å². The second kappa shape index (κ2) is 9.39. The first-order chi connectivity index (χ1) is 14.3. The van der Waals surface area contributed by atoms with Gasteiger partial charge in [0.1, 0.15) is 5.82 Å². The number of alkyl halides is 1. The highest BCUT2D eigenvalue weighted by atomic mass is 35.5. The molecule has 0 spiro atoms. The summed E-state index contributed by atoms with van der Waals surface area (Å²) in [6.45, 7) is 4.08. The van der Waals surface area contributed by atoms with Crippen molar-refractivity contribution in [1.82, 2.24) is 0 Å². The van der Waals surface area contributed by atoms with Crippen molar-refractivity contribution in [2.45, 2.75) is 32.8 Å². The molecule has 0 radical (unpaired) electrons. The number of anilines is 1. The van der Waals surface area contributed by atoms with Gasteiger partial charge in [-0.05, 0) is 49.7 Å². The van der Waals surface area contributed by atoms with Gasteiger partial charge >= 0.3 is 5.97 Å². The lowest BCUT2D eigenvalue weighted by atomic mass is 10.0. The third kappa shape index (κ3) is 4.87. The van der Waals surface area contributed by atoms with Crippen LogP contribution in [-0.4, -0.2) is 36.2 Å². The Morgan fingerprint density at radius 1 is 1.20 bits per heavy atom. The van der Waals surface area contributed by atoms with Crippen LogP contribution < -0.4 is 4.90 Å². The second-order valence-corrected chi connectivity index (χ2v) is 7.85. The topological polar surface area (TPSA) is 63.7 Å². The molecule has 0 unspecified atom stereocenters. The predicted octanol–water partition coefficient (Wildman–Crippen LogP) is 4.22. The molecule has 1 saturated heterocycles. The smallest absolute Gasteiger partial charge is 0.312 e. The Morgan fingerprint density at radius 2 is 1.90 bits per heavy atom. The summed E-state index contributed by atoms with van der Waals surface area (Å²) < 4.78 is 18.6. The van der Waals surface area contributed by atoms with E-state index in [1.165, 1.54) is 24.3 Å². The summed E-state index contributed by atoms with van der Waals surface area (Å²) in [5, 5.41) is 0. The van der Waals surface area contributed by atoms with E-state index in [2.05, 4.69) is 0 Å². The van der Waals surface area contributed by atoms with Gasteiger partial charge in [-0.15, -0.1) is 11.6 Å². The number of carbonyl (C=O) groups excluding carboxylic acids is 3. The van der Waals surface area contributed by atoms with Crippen LogP contribution in [0.4, 0.5) is 10.1 Å². The largest absolute Gasteiger partial charge is 0.454 e. The quantitative estimate of drug-likeness (QED) is 0.374. The Bertz CT molecular complexity index is 960. The second-order valence-electron chi connectivity index (χ2n) is 7.47. The number of ether oxygens (including phenoxy) is 1. The number of amides is 1. The monoisotopic (exact) mass is 431 g/mol. The summed E-state index contributed by atoms with van der Waals surface area (Å²) in [5.74, 6) is -2.24. The van der Waals surface area contributed by atoms with Crippen molar-refractivity contribution in [1.29, 1.82) is 0 Å². The van der Waals surface area contributed by atoms with Gasteiger partial charge in [0.2, 0.25) is 11.7 Å². The third-order valence-corrected chi connectivity index (χ3v) is 5.37. The Morgan fingerprint density at radius 3 is 2.53 bits per heavy atom. The molecule has 0 N–H and O–H groups in total. The number of hydrogen-bond donors (Lipinski definition) is 0. The first kappa shape index (κ1) is 22.0. The Hall–Kier alpha value is -2.73. The average molecular weight is 432 g/mol. The highest BCUT2D eigenvalue weighted by Gasteiger charge is 2.38. The highest BCUT2D eigenvalue weighted by Crippen LogP contribution is 2.29. The molecule has 1 heterocycles. The number of Topliss-reactive ketones (excluding diaryl/α,β-unsaturated/α-hetero) is 1. The number of aryl methyl sites for hydroxylation is 2. The van der Waals surface area contributed by atoms with E-state index in [4.69, 9.17) is 16.3 Å². The van der Waals surface area contributed by atoms with Gasteiger partial charge in [0, 0.05) is 36.5 Å². The molecule has 1 aliphatic rings. The minimum atomic E-state index is -1.08. The molecule has 7 heteroatoms. The van der Waals surface area contributed by atoms with Crippen molar-refractivity contribution in [2.75, 3.05) is 17.3 Å². The molecule has 2 aromatic rings. The first-order valence-corrected chi connectivity index (χ1v) is 10.3. The van der Waals surface area contributed by atoms with Crippen molar-refractivity contribution < 1.29 is 23.5 Å². The van der Waals surface area contributed by atoms with Gasteiger partial charge in [-0.25, -0.2) is 4.39 Å². The van der Waals surface area contributed by atoms with Crippen LogP contribution in [0.25, 0.3) is 0 Å². The van der Waals surface area contributed by atoms with Gasteiger partial charge in [-0.3, -0.25) is 14.4 Å². The molecule has 3 rings (SSSR count). The average Bonchev–Trinajstić information content (AvgIpc) is 3.09. The maximum absolute atomic E-state index is 13.1. The van der Waals surface area contributed by atoms with Crippen molar-refractivity contribution in [2.24, 2.45) is 5.92 Å². The van der Waals surface area contributed by atoms with Gasteiger partial charge in [0.25, 0.3) is 0 Å². The van der Waals surface area contributed by atoms with Crippen LogP contribution in [0.2, 0.25) is 0 Å². The van der Waals surface area contributed by atoms with E-state index in [0.29, 0.717) is 0 Å². The van der Waals surface area contributed by atoms with Gasteiger partial charge < -0.3 is 9.64 Å². The Balaban J connectivity index is 1.71. The molecule has 0 bridgehead atoms. The first-order valence-electron chi connectivity index (χ1n) is 9.74. The molecule has 0 aliphatic carbocycles. The number of esters is 1. The predicted molar refractivity (Wildman–Crippen MR) is 112 cm³/mol. The zero-order chi connectivity index (χ0) is 21.8. The van der Waals surface area contributed by atoms with Crippen molar-refractivity contribution in [3.05, 3.63) is 65.0 Å². The zero-order valence-corrected chi connectivity index (χ0v) is 17.6. The van der Waals surface area contributed by atoms with Crippen LogP contribution in [-0.2, 0) is 14.3 Å². The fourth-order valence-electron chi connectivity index (χ4n) is 3.59. The molecule has 5 nitrogen and oxygen atoms in total. The Labute approximate surface area is 179 Å². The lowest BCUT2D eigenvalue weighted by Crippen LogP contribution is -2.32. The molecular weight excluding hydrogens is 409 g/mol. The minimum Gasteiger partial charge on any atom is -0.454 e. The summed E-state index contributed by atoms with van der Waals surface area (Å²) in [5.41, 5.74) is 3.03. The number of halogens is 2. The summed E-state index contributed by atoms with van der Waals surface area (Å²) in [7, 11) is 0. The lowest BCUT2D eigenvalue weighted by Gasteiger charge is -2.20. The lowest BCUT2D eigenvalue weighted by molar-refractivity contribution is -0.151. The maximum atomic E-state index is 13.1. The van der Waals surface area contributed by atoms with Crippen molar-refractivity contribution in [3.63, 3.8) is 0 Å². The standard InChI is InChI=1S/C23H23ClFNO4/c1-14-3-8-19(15(2)11-14)26-13-17(12-21(26)27)23(29)30-20(9-10-24)22(28)16-4-6-18(25)7-5-16/h3-8,11,17,20H,9-10,12-13H2,1-2H3/t17-,20+/m1/s1. The van der Waals surface area contributed by atoms with E-state index in [9.17, 15) is 18.8 Å². The fraction of sp³-hybridized carbons (Fsp3) is 0.348. The summed E-state index contributed by atoms with van der Waals surface area (Å²) in [6.07, 6.45) is -0.930. The molecule has 1 fully saturated rings. The summed E-state index contributed by atoms with van der Waals surface area (Å²) in [4.78, 5) is 39.5. The van der Waals surface area contributed by atoms with Crippen LogP contribution in [0.5, 0.6) is 0 Å². The SMILES string of the molecule is Cc1ccc(N2C[C@H](C(=O)O[C@@H](CCCl)C(=O)c3ccc(F)cc3)CC2=O)c(C)c1. The number of carbonyl (C=O) groups is 3. The summed E-state index contributed by atoms with van der Waals surface area (Å²) >= 11 is 5.79. The van der Waals surface area contributed by atoms with Crippen LogP contribution in [0.1, 0.15) is 34.3 Å². The van der Waals surface area contributed by atoms with Crippen LogP contribution in [0.15, 0.2) is 42.5 Å². The molecular formula is C23H23ClFNO4. The maximum Gasteiger partial charge on any atom is 0.312 e. The number of nitrogens with zero attached hydrogens (tertiary/aromatic N) is 1. The van der Waals surface area contributed by atoms with Crippen LogP contribution in [0.3, 0.4) is 0 Å². The van der Waals surface area contributed by atoms with E-state index in [0.717, 1.165) is 16.8 Å². The molecule has 0 aromatic heterocycles. The normalized spacial score (nSPS) is 17.1. The third-order valence-electron chi connectivity index (χ3n) is 5.15. The van der Waals surface area contributed by atoms with Gasteiger partial charge in [0.05, 0.1) is 5.92 Å². The number of ketones is 1. The Kier molecular flexibility index (Phi) is 6.87. The number of rotatable bonds is 7. The van der Waals surface area contributed by atoms with Crippen molar-refractivity contribution in [3.8, 4) is 0 Å². The molecule has 1 aliphatic heterocycles. The van der Waals surface area contributed by atoms with E-state index in [1.807, 2.05) is 32.0 Å². The minimum absolute atomic E-state index is 0.0183.